The van der Waals surface area contributed by atoms with Gasteiger partial charge in [-0.1, -0.05) is 25.0 Å². The van der Waals surface area contributed by atoms with Gasteiger partial charge in [0.1, 0.15) is 5.75 Å². The van der Waals surface area contributed by atoms with Crippen molar-refractivity contribution in [2.24, 2.45) is 5.41 Å². The van der Waals surface area contributed by atoms with Gasteiger partial charge < -0.3 is 9.64 Å². The van der Waals surface area contributed by atoms with E-state index >= 15 is 0 Å². The topological polar surface area (TPSA) is 32.8 Å². The van der Waals surface area contributed by atoms with E-state index in [0.29, 0.717) is 17.4 Å². The van der Waals surface area contributed by atoms with Crippen LogP contribution in [0.25, 0.3) is 0 Å². The van der Waals surface area contributed by atoms with Crippen LogP contribution in [0.3, 0.4) is 0 Å². The lowest BCUT2D eigenvalue weighted by atomic mass is 9.72. The van der Waals surface area contributed by atoms with E-state index in [4.69, 9.17) is 4.74 Å². The molecule has 1 amide bonds. The molecule has 0 atom stereocenters. The van der Waals surface area contributed by atoms with Crippen molar-refractivity contribution in [2.45, 2.75) is 64.0 Å². The molecule has 0 aromatic heterocycles. The Morgan fingerprint density at radius 2 is 1.77 bits per heavy atom. The van der Waals surface area contributed by atoms with Crippen molar-refractivity contribution in [3.8, 4) is 5.75 Å². The fourth-order valence-corrected chi connectivity index (χ4v) is 5.18. The fraction of sp³-hybridized carbons (Fsp3) is 0.682. The average molecular weight is 357 g/mol. The van der Waals surface area contributed by atoms with E-state index in [-0.39, 0.29) is 0 Å². The van der Waals surface area contributed by atoms with Crippen molar-refractivity contribution >= 4 is 5.91 Å². The summed E-state index contributed by atoms with van der Waals surface area (Å²) >= 11 is 0. The van der Waals surface area contributed by atoms with Crippen molar-refractivity contribution in [3.05, 3.63) is 29.8 Å². The number of hydrogen-bond acceptors (Lipinski definition) is 3. The summed E-state index contributed by atoms with van der Waals surface area (Å²) in [5.74, 6) is 1.34. The van der Waals surface area contributed by atoms with Crippen LogP contribution >= 0.6 is 0 Å². The second-order valence-corrected chi connectivity index (χ2v) is 8.58. The smallest absolute Gasteiger partial charge is 0.222 e. The molecule has 1 saturated carbocycles. The van der Waals surface area contributed by atoms with E-state index < -0.39 is 0 Å². The molecule has 1 spiro atoms. The number of carbonyl (C=O) groups excluding carboxylic acids is 1. The molecule has 1 aromatic carbocycles. The van der Waals surface area contributed by atoms with Crippen molar-refractivity contribution < 1.29 is 9.53 Å². The van der Waals surface area contributed by atoms with Crippen molar-refractivity contribution in [1.82, 2.24) is 9.80 Å². The first-order chi connectivity index (χ1) is 12.7. The Kier molecular flexibility index (Phi) is 5.21. The molecule has 4 rings (SSSR count). The number of benzene rings is 1. The van der Waals surface area contributed by atoms with Gasteiger partial charge in [0.05, 0.1) is 7.11 Å². The molecule has 0 unspecified atom stereocenters. The molecular weight excluding hydrogens is 324 g/mol. The Morgan fingerprint density at radius 1 is 1.08 bits per heavy atom. The minimum absolute atomic E-state index is 0.382. The third-order valence-electron chi connectivity index (χ3n) is 6.94. The lowest BCUT2D eigenvalue weighted by Gasteiger charge is -2.49. The first-order valence-electron chi connectivity index (χ1n) is 10.3. The van der Waals surface area contributed by atoms with Gasteiger partial charge in [-0.2, -0.15) is 0 Å². The molecule has 4 nitrogen and oxygen atoms in total. The summed E-state index contributed by atoms with van der Waals surface area (Å²) in [7, 11) is 1.71. The number of rotatable bonds is 4. The van der Waals surface area contributed by atoms with Gasteiger partial charge in [-0.25, -0.2) is 0 Å². The van der Waals surface area contributed by atoms with Crippen molar-refractivity contribution in [2.75, 3.05) is 26.7 Å². The number of ether oxygens (including phenoxy) is 1. The molecule has 0 N–H and O–H groups in total. The van der Waals surface area contributed by atoms with Gasteiger partial charge in [0.25, 0.3) is 0 Å². The van der Waals surface area contributed by atoms with E-state index in [1.54, 1.807) is 7.11 Å². The molecule has 3 fully saturated rings. The van der Waals surface area contributed by atoms with Gasteiger partial charge in [0, 0.05) is 25.6 Å². The summed E-state index contributed by atoms with van der Waals surface area (Å²) in [6.07, 6.45) is 9.41. The Labute approximate surface area is 157 Å². The maximum absolute atomic E-state index is 12.5. The van der Waals surface area contributed by atoms with Gasteiger partial charge in [0.15, 0.2) is 0 Å². The normalized spacial score (nSPS) is 24.3. The van der Waals surface area contributed by atoms with E-state index in [2.05, 4.69) is 21.9 Å². The highest BCUT2D eigenvalue weighted by Crippen LogP contribution is 2.42. The molecule has 0 radical (unpaired) electrons. The summed E-state index contributed by atoms with van der Waals surface area (Å²) in [5.41, 5.74) is 1.74. The highest BCUT2D eigenvalue weighted by atomic mass is 16.5. The summed E-state index contributed by atoms with van der Waals surface area (Å²) in [6.45, 7) is 4.34. The van der Waals surface area contributed by atoms with Crippen LogP contribution < -0.4 is 4.74 Å². The molecule has 0 bridgehead atoms. The van der Waals surface area contributed by atoms with Crippen LogP contribution in [0.2, 0.25) is 0 Å². The number of carbonyl (C=O) groups is 1. The van der Waals surface area contributed by atoms with Crippen molar-refractivity contribution in [3.63, 3.8) is 0 Å². The van der Waals surface area contributed by atoms with Gasteiger partial charge >= 0.3 is 0 Å². The molecule has 26 heavy (non-hydrogen) atoms. The van der Waals surface area contributed by atoms with Crippen LogP contribution in [-0.2, 0) is 11.3 Å². The zero-order valence-corrected chi connectivity index (χ0v) is 16.1. The molecule has 2 heterocycles. The highest BCUT2D eigenvalue weighted by Gasteiger charge is 2.43. The fourth-order valence-electron chi connectivity index (χ4n) is 5.18. The van der Waals surface area contributed by atoms with Crippen molar-refractivity contribution in [1.29, 1.82) is 0 Å². The molecule has 3 aliphatic rings. The molecular formula is C22H32N2O2. The van der Waals surface area contributed by atoms with Gasteiger partial charge in [0.2, 0.25) is 5.91 Å². The van der Waals surface area contributed by atoms with Crippen LogP contribution in [0.15, 0.2) is 24.3 Å². The Morgan fingerprint density at radius 3 is 2.42 bits per heavy atom. The number of methoxy groups -OCH3 is 1. The minimum atomic E-state index is 0.382. The van der Waals surface area contributed by atoms with Gasteiger partial charge in [-0.3, -0.25) is 9.69 Å². The minimum Gasteiger partial charge on any atom is -0.497 e. The zero-order valence-electron chi connectivity index (χ0n) is 16.1. The van der Waals surface area contributed by atoms with Gasteiger partial charge in [-0.05, 0) is 68.3 Å². The lowest BCUT2D eigenvalue weighted by molar-refractivity contribution is -0.142. The predicted octanol–water partition coefficient (Wildman–Crippen LogP) is 3.84. The monoisotopic (exact) mass is 356 g/mol. The number of amides is 1. The molecule has 2 saturated heterocycles. The molecule has 1 aromatic rings. The number of nitrogens with zero attached hydrogens (tertiary/aromatic N) is 2. The van der Waals surface area contributed by atoms with E-state index in [1.165, 1.54) is 44.1 Å². The second-order valence-electron chi connectivity index (χ2n) is 8.58. The Balaban J connectivity index is 1.33. The maximum Gasteiger partial charge on any atom is 0.222 e. The first-order valence-corrected chi connectivity index (χ1v) is 10.3. The number of hydrogen-bond donors (Lipinski definition) is 0. The summed E-state index contributed by atoms with van der Waals surface area (Å²) < 4.78 is 5.25. The van der Waals surface area contributed by atoms with Crippen LogP contribution in [-0.4, -0.2) is 48.5 Å². The Bertz CT molecular complexity index is 614. The number of likely N-dealkylation sites (tertiary alicyclic amines) is 2. The quantitative estimate of drug-likeness (QED) is 0.822. The zero-order chi connectivity index (χ0) is 18.0. The largest absolute Gasteiger partial charge is 0.497 e. The standard InChI is InChI=1S/C22H32N2O2/c1-26-20-8-6-18(7-9-20)16-23-14-12-22(13-15-23)11-10-21(25)24(17-22)19-4-2-3-5-19/h6-9,19H,2-5,10-17H2,1H3. The highest BCUT2D eigenvalue weighted by molar-refractivity contribution is 5.77. The molecule has 1 aliphatic carbocycles. The molecule has 4 heteroatoms. The lowest BCUT2D eigenvalue weighted by Crippen LogP contribution is -2.53. The van der Waals surface area contributed by atoms with E-state index in [1.807, 2.05) is 12.1 Å². The summed E-state index contributed by atoms with van der Waals surface area (Å²) in [4.78, 5) is 17.3. The maximum atomic E-state index is 12.5. The second kappa shape index (κ2) is 7.59. The summed E-state index contributed by atoms with van der Waals surface area (Å²) in [5, 5.41) is 0. The third-order valence-corrected chi connectivity index (χ3v) is 6.94. The van der Waals surface area contributed by atoms with Crippen LogP contribution in [0, 0.1) is 5.41 Å². The van der Waals surface area contributed by atoms with Crippen LogP contribution in [0.4, 0.5) is 0 Å². The Hall–Kier alpha value is -1.55. The molecule has 142 valence electrons. The predicted molar refractivity (Wildman–Crippen MR) is 103 cm³/mol. The van der Waals surface area contributed by atoms with Crippen LogP contribution in [0.1, 0.15) is 56.9 Å². The molecule has 2 aliphatic heterocycles. The van der Waals surface area contributed by atoms with Crippen LogP contribution in [0.5, 0.6) is 5.75 Å². The van der Waals surface area contributed by atoms with E-state index in [9.17, 15) is 4.79 Å². The van der Waals surface area contributed by atoms with E-state index in [0.717, 1.165) is 44.8 Å². The van der Waals surface area contributed by atoms with Gasteiger partial charge in [-0.15, -0.1) is 0 Å². The summed E-state index contributed by atoms with van der Waals surface area (Å²) in [6, 6.07) is 8.98. The first kappa shape index (κ1) is 17.8. The third kappa shape index (κ3) is 3.75. The number of piperidine rings is 2. The SMILES string of the molecule is COc1ccc(CN2CCC3(CCC(=O)N(C4CCCC4)C3)CC2)cc1. The average Bonchev–Trinajstić information content (AvgIpc) is 3.21.